The largest absolute Gasteiger partial charge is 0.387 e. The van der Waals surface area contributed by atoms with Crippen LogP contribution in [-0.2, 0) is 6.42 Å². The van der Waals surface area contributed by atoms with Crippen LogP contribution in [0.5, 0.6) is 0 Å². The van der Waals surface area contributed by atoms with Crippen molar-refractivity contribution in [3.05, 3.63) is 64.4 Å². The Labute approximate surface area is 140 Å². The number of aldehydes is 1. The summed E-state index contributed by atoms with van der Waals surface area (Å²) in [5.74, 6) is 0. The van der Waals surface area contributed by atoms with Crippen LogP contribution in [0.25, 0.3) is 0 Å². The molecule has 1 aliphatic rings. The summed E-state index contributed by atoms with van der Waals surface area (Å²) >= 11 is 5.78. The highest BCUT2D eigenvalue weighted by Crippen LogP contribution is 2.26. The van der Waals surface area contributed by atoms with Gasteiger partial charge in [0.1, 0.15) is 11.4 Å². The number of rotatable bonds is 5. The Morgan fingerprint density at radius 1 is 1.26 bits per heavy atom. The van der Waals surface area contributed by atoms with Crippen molar-refractivity contribution in [1.82, 2.24) is 10.3 Å². The molecule has 0 unspecified atom stereocenters. The summed E-state index contributed by atoms with van der Waals surface area (Å²) in [5, 5.41) is 14.4. The van der Waals surface area contributed by atoms with Crippen LogP contribution in [0.2, 0.25) is 5.15 Å². The summed E-state index contributed by atoms with van der Waals surface area (Å²) in [4.78, 5) is 14.7. The predicted octanol–water partition coefficient (Wildman–Crippen LogP) is 2.94. The SMILES string of the molecule is O=Cc1ccc(C[C@@H]2CC[C@H]([C@H](O)c3ccc(Cl)nc3)N2)cc1. The second kappa shape index (κ2) is 7.21. The first-order chi connectivity index (χ1) is 11.2. The smallest absolute Gasteiger partial charge is 0.150 e. The summed E-state index contributed by atoms with van der Waals surface area (Å²) in [6.45, 7) is 0. The minimum Gasteiger partial charge on any atom is -0.387 e. The van der Waals surface area contributed by atoms with Gasteiger partial charge in [0.2, 0.25) is 0 Å². The maximum Gasteiger partial charge on any atom is 0.150 e. The first-order valence-electron chi connectivity index (χ1n) is 7.75. The topological polar surface area (TPSA) is 62.2 Å². The number of nitrogens with one attached hydrogen (secondary N) is 1. The third kappa shape index (κ3) is 3.96. The van der Waals surface area contributed by atoms with E-state index in [9.17, 15) is 9.90 Å². The van der Waals surface area contributed by atoms with Crippen molar-refractivity contribution in [2.75, 3.05) is 0 Å². The highest BCUT2D eigenvalue weighted by Gasteiger charge is 2.30. The second-order valence-electron chi connectivity index (χ2n) is 5.97. The third-order valence-electron chi connectivity index (χ3n) is 4.35. The molecule has 4 nitrogen and oxygen atoms in total. The fourth-order valence-corrected chi connectivity index (χ4v) is 3.18. The van der Waals surface area contributed by atoms with E-state index >= 15 is 0 Å². The first-order valence-corrected chi connectivity index (χ1v) is 8.13. The highest BCUT2D eigenvalue weighted by molar-refractivity contribution is 6.29. The van der Waals surface area contributed by atoms with E-state index in [1.807, 2.05) is 30.3 Å². The van der Waals surface area contributed by atoms with Gasteiger partial charge in [-0.25, -0.2) is 4.98 Å². The minimum absolute atomic E-state index is 0.0252. The molecule has 5 heteroatoms. The van der Waals surface area contributed by atoms with Crippen LogP contribution in [0, 0.1) is 0 Å². The van der Waals surface area contributed by atoms with Crippen molar-refractivity contribution in [2.45, 2.75) is 37.5 Å². The standard InChI is InChI=1S/C18H19ClN2O2/c19-17-8-5-14(10-20-17)18(23)16-7-6-15(21-16)9-12-1-3-13(11-22)4-2-12/h1-5,8,10-11,15-16,18,21,23H,6-7,9H2/t15-,16+,18+/m0/s1. The lowest BCUT2D eigenvalue weighted by Gasteiger charge is -2.20. The molecule has 2 N–H and O–H groups in total. The van der Waals surface area contributed by atoms with Gasteiger partial charge in [-0.1, -0.05) is 41.9 Å². The number of pyridine rings is 1. The van der Waals surface area contributed by atoms with Gasteiger partial charge in [0.15, 0.2) is 0 Å². The Hall–Kier alpha value is -1.75. The van der Waals surface area contributed by atoms with E-state index in [0.29, 0.717) is 16.8 Å². The maximum atomic E-state index is 10.7. The van der Waals surface area contributed by atoms with Crippen LogP contribution in [0.4, 0.5) is 0 Å². The lowest BCUT2D eigenvalue weighted by molar-refractivity contribution is 0.112. The van der Waals surface area contributed by atoms with E-state index in [-0.39, 0.29) is 6.04 Å². The van der Waals surface area contributed by atoms with Gasteiger partial charge in [-0.3, -0.25) is 4.79 Å². The zero-order valence-electron chi connectivity index (χ0n) is 12.7. The van der Waals surface area contributed by atoms with E-state index < -0.39 is 6.10 Å². The second-order valence-corrected chi connectivity index (χ2v) is 6.36. The van der Waals surface area contributed by atoms with Gasteiger partial charge in [-0.05, 0) is 30.9 Å². The molecule has 0 spiro atoms. The zero-order chi connectivity index (χ0) is 16.2. The molecule has 1 aromatic carbocycles. The summed E-state index contributed by atoms with van der Waals surface area (Å²) in [7, 11) is 0. The Kier molecular flexibility index (Phi) is 5.06. The average Bonchev–Trinajstić information content (AvgIpc) is 3.04. The van der Waals surface area contributed by atoms with E-state index in [0.717, 1.165) is 31.1 Å². The number of halogens is 1. The van der Waals surface area contributed by atoms with Crippen molar-refractivity contribution in [1.29, 1.82) is 0 Å². The number of aromatic nitrogens is 1. The van der Waals surface area contributed by atoms with Crippen molar-refractivity contribution >= 4 is 17.9 Å². The van der Waals surface area contributed by atoms with Gasteiger partial charge in [0.25, 0.3) is 0 Å². The van der Waals surface area contributed by atoms with Crippen molar-refractivity contribution in [2.24, 2.45) is 0 Å². The first kappa shape index (κ1) is 16.1. The molecule has 0 aliphatic carbocycles. The van der Waals surface area contributed by atoms with E-state index in [2.05, 4.69) is 10.3 Å². The monoisotopic (exact) mass is 330 g/mol. The van der Waals surface area contributed by atoms with Crippen LogP contribution in [0.1, 0.15) is 40.4 Å². The lowest BCUT2D eigenvalue weighted by atomic mass is 10.0. The summed E-state index contributed by atoms with van der Waals surface area (Å²) in [6.07, 6.45) is 4.71. The van der Waals surface area contributed by atoms with E-state index in [1.165, 1.54) is 5.56 Å². The minimum atomic E-state index is -0.581. The van der Waals surface area contributed by atoms with Gasteiger partial charge >= 0.3 is 0 Å². The Balaban J connectivity index is 1.59. The number of aliphatic hydroxyl groups is 1. The van der Waals surface area contributed by atoms with Crippen molar-refractivity contribution < 1.29 is 9.90 Å². The van der Waals surface area contributed by atoms with Gasteiger partial charge in [0, 0.05) is 29.4 Å². The molecule has 3 atom stereocenters. The number of benzene rings is 1. The van der Waals surface area contributed by atoms with Crippen LogP contribution in [0.15, 0.2) is 42.6 Å². The Morgan fingerprint density at radius 2 is 2.04 bits per heavy atom. The van der Waals surface area contributed by atoms with Crippen molar-refractivity contribution in [3.63, 3.8) is 0 Å². The summed E-state index contributed by atoms with van der Waals surface area (Å²) < 4.78 is 0. The lowest BCUT2D eigenvalue weighted by Crippen LogP contribution is -2.35. The number of carbonyl (C=O) groups is 1. The molecule has 0 radical (unpaired) electrons. The fraction of sp³-hybridized carbons (Fsp3) is 0.333. The zero-order valence-corrected chi connectivity index (χ0v) is 13.4. The van der Waals surface area contributed by atoms with Crippen LogP contribution in [-0.4, -0.2) is 28.5 Å². The van der Waals surface area contributed by atoms with Gasteiger partial charge in [-0.15, -0.1) is 0 Å². The van der Waals surface area contributed by atoms with Crippen LogP contribution in [0.3, 0.4) is 0 Å². The Bertz CT molecular complexity index is 658. The molecular weight excluding hydrogens is 312 g/mol. The molecule has 0 amide bonds. The Morgan fingerprint density at radius 3 is 2.70 bits per heavy atom. The highest BCUT2D eigenvalue weighted by atomic mass is 35.5. The molecule has 3 rings (SSSR count). The summed E-state index contributed by atoms with van der Waals surface area (Å²) in [6, 6.07) is 11.5. The van der Waals surface area contributed by atoms with E-state index in [1.54, 1.807) is 12.3 Å². The van der Waals surface area contributed by atoms with Crippen LogP contribution < -0.4 is 5.32 Å². The predicted molar refractivity (Wildman–Crippen MR) is 89.7 cm³/mol. The normalized spacial score (nSPS) is 22.0. The number of hydrogen-bond acceptors (Lipinski definition) is 4. The number of hydrogen-bond donors (Lipinski definition) is 2. The fourth-order valence-electron chi connectivity index (χ4n) is 3.07. The molecule has 1 saturated heterocycles. The molecule has 1 fully saturated rings. The molecule has 120 valence electrons. The number of nitrogens with zero attached hydrogens (tertiary/aromatic N) is 1. The molecule has 23 heavy (non-hydrogen) atoms. The molecule has 0 saturated carbocycles. The molecule has 2 aromatic rings. The molecule has 1 aliphatic heterocycles. The molecule has 1 aromatic heterocycles. The quantitative estimate of drug-likeness (QED) is 0.653. The number of carbonyl (C=O) groups excluding carboxylic acids is 1. The van der Waals surface area contributed by atoms with Gasteiger partial charge < -0.3 is 10.4 Å². The molecule has 2 heterocycles. The molecular formula is C18H19ClN2O2. The average molecular weight is 331 g/mol. The number of aliphatic hydroxyl groups excluding tert-OH is 1. The maximum absolute atomic E-state index is 10.7. The third-order valence-corrected chi connectivity index (χ3v) is 4.57. The molecule has 0 bridgehead atoms. The van der Waals surface area contributed by atoms with E-state index in [4.69, 9.17) is 11.6 Å². The summed E-state index contributed by atoms with van der Waals surface area (Å²) in [5.41, 5.74) is 2.66. The van der Waals surface area contributed by atoms with Crippen LogP contribution >= 0.6 is 11.6 Å². The van der Waals surface area contributed by atoms with Gasteiger partial charge in [0.05, 0.1) is 6.10 Å². The van der Waals surface area contributed by atoms with Gasteiger partial charge in [-0.2, -0.15) is 0 Å². The van der Waals surface area contributed by atoms with Crippen molar-refractivity contribution in [3.8, 4) is 0 Å².